The van der Waals surface area contributed by atoms with E-state index in [0.717, 1.165) is 5.82 Å². The molecule has 0 aromatic carbocycles. The Morgan fingerprint density at radius 1 is 1.53 bits per heavy atom. The van der Waals surface area contributed by atoms with Gasteiger partial charge in [0.05, 0.1) is 18.4 Å². The standard InChI is InChI=1S/C11H14N2O2/c1-7-9(11(14)15-2)5-6-10(12-7)13-8-3-4-8/h5-6,8H,3-4H2,1-2H3,(H,12,13). The number of aryl methyl sites for hydroxylation is 1. The van der Waals surface area contributed by atoms with Crippen molar-refractivity contribution in [3.63, 3.8) is 0 Å². The van der Waals surface area contributed by atoms with Crippen molar-refractivity contribution in [2.24, 2.45) is 0 Å². The second-order valence-corrected chi connectivity index (χ2v) is 3.74. The number of anilines is 1. The molecule has 1 aliphatic carbocycles. The average molecular weight is 206 g/mol. The summed E-state index contributed by atoms with van der Waals surface area (Å²) < 4.78 is 4.65. The predicted octanol–water partition coefficient (Wildman–Crippen LogP) is 1.75. The Hall–Kier alpha value is -1.58. The van der Waals surface area contributed by atoms with E-state index in [2.05, 4.69) is 15.0 Å². The summed E-state index contributed by atoms with van der Waals surface area (Å²) in [5.41, 5.74) is 1.23. The number of esters is 1. The normalized spacial score (nSPS) is 14.8. The van der Waals surface area contributed by atoms with Gasteiger partial charge in [-0.2, -0.15) is 0 Å². The van der Waals surface area contributed by atoms with Gasteiger partial charge in [-0.05, 0) is 31.9 Å². The van der Waals surface area contributed by atoms with Crippen LogP contribution < -0.4 is 5.32 Å². The molecule has 0 aliphatic heterocycles. The largest absolute Gasteiger partial charge is 0.465 e. The van der Waals surface area contributed by atoms with Gasteiger partial charge in [0.2, 0.25) is 0 Å². The third-order valence-electron chi connectivity index (χ3n) is 2.42. The maximum Gasteiger partial charge on any atom is 0.339 e. The molecule has 0 atom stereocenters. The van der Waals surface area contributed by atoms with Crippen LogP contribution >= 0.6 is 0 Å². The number of hydrogen-bond donors (Lipinski definition) is 1. The smallest absolute Gasteiger partial charge is 0.339 e. The Morgan fingerprint density at radius 3 is 2.80 bits per heavy atom. The van der Waals surface area contributed by atoms with Gasteiger partial charge in [0.1, 0.15) is 5.82 Å². The average Bonchev–Trinajstić information content (AvgIpc) is 3.01. The molecule has 1 heterocycles. The van der Waals surface area contributed by atoms with E-state index < -0.39 is 0 Å². The monoisotopic (exact) mass is 206 g/mol. The second kappa shape index (κ2) is 3.88. The van der Waals surface area contributed by atoms with E-state index in [0.29, 0.717) is 17.3 Å². The molecule has 0 spiro atoms. The van der Waals surface area contributed by atoms with Crippen molar-refractivity contribution in [1.82, 2.24) is 4.98 Å². The number of rotatable bonds is 3. The number of ether oxygens (including phenoxy) is 1. The number of carbonyl (C=O) groups is 1. The van der Waals surface area contributed by atoms with Crippen LogP contribution in [0.2, 0.25) is 0 Å². The maximum absolute atomic E-state index is 11.3. The number of pyridine rings is 1. The van der Waals surface area contributed by atoms with E-state index in [1.165, 1.54) is 20.0 Å². The summed E-state index contributed by atoms with van der Waals surface area (Å²) in [6.07, 6.45) is 2.42. The van der Waals surface area contributed by atoms with Crippen LogP contribution in [-0.4, -0.2) is 24.1 Å². The lowest BCUT2D eigenvalue weighted by Gasteiger charge is -2.07. The third-order valence-corrected chi connectivity index (χ3v) is 2.42. The molecule has 2 rings (SSSR count). The molecule has 0 radical (unpaired) electrons. The van der Waals surface area contributed by atoms with Crippen LogP contribution in [0.5, 0.6) is 0 Å². The molecule has 1 aliphatic rings. The second-order valence-electron chi connectivity index (χ2n) is 3.74. The fourth-order valence-corrected chi connectivity index (χ4v) is 1.40. The van der Waals surface area contributed by atoms with Crippen LogP contribution in [0.15, 0.2) is 12.1 Å². The molecule has 1 fully saturated rings. The van der Waals surface area contributed by atoms with Gasteiger partial charge in [-0.25, -0.2) is 9.78 Å². The molecule has 1 aromatic rings. The zero-order chi connectivity index (χ0) is 10.8. The first-order valence-electron chi connectivity index (χ1n) is 5.03. The minimum absolute atomic E-state index is 0.335. The fourth-order valence-electron chi connectivity index (χ4n) is 1.40. The van der Waals surface area contributed by atoms with Crippen molar-refractivity contribution in [3.05, 3.63) is 23.4 Å². The maximum atomic E-state index is 11.3. The van der Waals surface area contributed by atoms with Crippen molar-refractivity contribution in [3.8, 4) is 0 Å². The predicted molar refractivity (Wildman–Crippen MR) is 57.0 cm³/mol. The molecule has 0 unspecified atom stereocenters. The minimum atomic E-state index is -0.335. The van der Waals surface area contributed by atoms with Crippen molar-refractivity contribution >= 4 is 11.8 Å². The lowest BCUT2D eigenvalue weighted by Crippen LogP contribution is -2.08. The van der Waals surface area contributed by atoms with E-state index in [-0.39, 0.29) is 5.97 Å². The number of carbonyl (C=O) groups excluding carboxylic acids is 1. The lowest BCUT2D eigenvalue weighted by molar-refractivity contribution is 0.0599. The Kier molecular flexibility index (Phi) is 2.58. The molecule has 15 heavy (non-hydrogen) atoms. The van der Waals surface area contributed by atoms with Crippen LogP contribution in [0, 0.1) is 6.92 Å². The Bertz CT molecular complexity index is 386. The van der Waals surface area contributed by atoms with E-state index in [9.17, 15) is 4.79 Å². The zero-order valence-corrected chi connectivity index (χ0v) is 8.91. The molecule has 1 aromatic heterocycles. The topological polar surface area (TPSA) is 51.2 Å². The zero-order valence-electron chi connectivity index (χ0n) is 8.91. The lowest BCUT2D eigenvalue weighted by atomic mass is 10.2. The van der Waals surface area contributed by atoms with E-state index in [1.54, 1.807) is 6.07 Å². The molecule has 1 N–H and O–H groups in total. The van der Waals surface area contributed by atoms with Crippen molar-refractivity contribution in [2.75, 3.05) is 12.4 Å². The minimum Gasteiger partial charge on any atom is -0.465 e. The van der Waals surface area contributed by atoms with Gasteiger partial charge >= 0.3 is 5.97 Å². The fraction of sp³-hybridized carbons (Fsp3) is 0.455. The van der Waals surface area contributed by atoms with Crippen LogP contribution in [0.1, 0.15) is 28.9 Å². The van der Waals surface area contributed by atoms with Gasteiger partial charge in [0.25, 0.3) is 0 Å². The molecular formula is C11H14N2O2. The summed E-state index contributed by atoms with van der Waals surface area (Å²) in [7, 11) is 1.37. The summed E-state index contributed by atoms with van der Waals surface area (Å²) >= 11 is 0. The molecule has 4 heteroatoms. The Balaban J connectivity index is 2.17. The van der Waals surface area contributed by atoms with Crippen molar-refractivity contribution in [2.45, 2.75) is 25.8 Å². The summed E-state index contributed by atoms with van der Waals surface area (Å²) in [6.45, 7) is 1.81. The van der Waals surface area contributed by atoms with Gasteiger partial charge in [0, 0.05) is 6.04 Å². The van der Waals surface area contributed by atoms with Gasteiger partial charge in [-0.1, -0.05) is 0 Å². The summed E-state index contributed by atoms with van der Waals surface area (Å²) in [5, 5.41) is 3.28. The first kappa shape index (κ1) is 9.96. The highest BCUT2D eigenvalue weighted by molar-refractivity contribution is 5.90. The van der Waals surface area contributed by atoms with Crippen LogP contribution in [0.4, 0.5) is 5.82 Å². The van der Waals surface area contributed by atoms with Crippen molar-refractivity contribution in [1.29, 1.82) is 0 Å². The highest BCUT2D eigenvalue weighted by atomic mass is 16.5. The quantitative estimate of drug-likeness (QED) is 0.765. The molecule has 80 valence electrons. The summed E-state index contributed by atoms with van der Waals surface area (Å²) in [6, 6.07) is 4.14. The number of nitrogens with one attached hydrogen (secondary N) is 1. The molecule has 0 bridgehead atoms. The SMILES string of the molecule is COC(=O)c1ccc(NC2CC2)nc1C. The number of nitrogens with zero attached hydrogens (tertiary/aromatic N) is 1. The first-order chi connectivity index (χ1) is 7.20. The molecule has 1 saturated carbocycles. The summed E-state index contributed by atoms with van der Waals surface area (Å²) in [5.74, 6) is 0.501. The molecule has 0 saturated heterocycles. The number of aromatic nitrogens is 1. The van der Waals surface area contributed by atoms with E-state index in [1.807, 2.05) is 13.0 Å². The van der Waals surface area contributed by atoms with Crippen molar-refractivity contribution < 1.29 is 9.53 Å². The van der Waals surface area contributed by atoms with Gasteiger partial charge < -0.3 is 10.1 Å². The Labute approximate surface area is 88.7 Å². The van der Waals surface area contributed by atoms with E-state index in [4.69, 9.17) is 0 Å². The Morgan fingerprint density at radius 2 is 2.27 bits per heavy atom. The van der Waals surface area contributed by atoms with Gasteiger partial charge in [-0.3, -0.25) is 0 Å². The highest BCUT2D eigenvalue weighted by Gasteiger charge is 2.21. The molecule has 0 amide bonds. The first-order valence-corrected chi connectivity index (χ1v) is 5.03. The number of methoxy groups -OCH3 is 1. The van der Waals surface area contributed by atoms with Crippen LogP contribution in [0.25, 0.3) is 0 Å². The van der Waals surface area contributed by atoms with E-state index >= 15 is 0 Å². The third kappa shape index (κ3) is 2.26. The van der Waals surface area contributed by atoms with Crippen LogP contribution in [0.3, 0.4) is 0 Å². The van der Waals surface area contributed by atoms with Gasteiger partial charge in [0.15, 0.2) is 0 Å². The number of hydrogen-bond acceptors (Lipinski definition) is 4. The van der Waals surface area contributed by atoms with Gasteiger partial charge in [-0.15, -0.1) is 0 Å². The van der Waals surface area contributed by atoms with Crippen LogP contribution in [-0.2, 0) is 4.74 Å². The molecular weight excluding hydrogens is 192 g/mol. The molecule has 4 nitrogen and oxygen atoms in total. The summed E-state index contributed by atoms with van der Waals surface area (Å²) in [4.78, 5) is 15.6. The highest BCUT2D eigenvalue weighted by Crippen LogP contribution is 2.24.